The van der Waals surface area contributed by atoms with Crippen LogP contribution in [-0.2, 0) is 6.54 Å². The zero-order valence-electron chi connectivity index (χ0n) is 13.6. The van der Waals surface area contributed by atoms with Crippen LogP contribution in [0.5, 0.6) is 5.88 Å². The number of fused-ring (bicyclic) bond motifs is 1. The van der Waals surface area contributed by atoms with Crippen LogP contribution in [0, 0.1) is 5.41 Å². The van der Waals surface area contributed by atoms with Crippen LogP contribution in [0.1, 0.15) is 31.1 Å². The van der Waals surface area contributed by atoms with Gasteiger partial charge < -0.3 is 10.4 Å². The van der Waals surface area contributed by atoms with Crippen LogP contribution in [0.2, 0.25) is 0 Å². The van der Waals surface area contributed by atoms with Crippen LogP contribution >= 0.6 is 15.9 Å². The van der Waals surface area contributed by atoms with E-state index < -0.39 is 35.6 Å². The number of carbonyl (C=O) groups is 1. The van der Waals surface area contributed by atoms with E-state index in [1.54, 1.807) is 5.32 Å². The second-order valence-electron chi connectivity index (χ2n) is 6.69. The molecule has 0 fully saturated rings. The molecule has 2 rings (SSSR count). The third-order valence-corrected chi connectivity index (χ3v) is 3.52. The minimum absolute atomic E-state index is 0.195. The first-order valence-corrected chi connectivity index (χ1v) is 7.95. The molecular formula is C14H16BrF3N4O3. The van der Waals surface area contributed by atoms with Gasteiger partial charge in [0.05, 0.1) is 0 Å². The summed E-state index contributed by atoms with van der Waals surface area (Å²) in [5.41, 5.74) is -1.96. The number of rotatable bonds is 3. The summed E-state index contributed by atoms with van der Waals surface area (Å²) in [6.07, 6.45) is -4.64. The lowest BCUT2D eigenvalue weighted by molar-refractivity contribution is -0.123. The minimum Gasteiger partial charge on any atom is -0.494 e. The number of alkyl halides is 3. The molecule has 138 valence electrons. The van der Waals surface area contributed by atoms with Gasteiger partial charge in [-0.05, 0) is 21.3 Å². The van der Waals surface area contributed by atoms with E-state index in [-0.39, 0.29) is 22.2 Å². The molecule has 0 aromatic carbocycles. The molecule has 0 aliphatic rings. The van der Waals surface area contributed by atoms with Gasteiger partial charge in [-0.2, -0.15) is 22.8 Å². The monoisotopic (exact) mass is 424 g/mol. The first kappa shape index (κ1) is 19.3. The molecular weight excluding hydrogens is 409 g/mol. The van der Waals surface area contributed by atoms with Gasteiger partial charge in [0.15, 0.2) is 5.56 Å². The smallest absolute Gasteiger partial charge is 0.405 e. The maximum atomic E-state index is 12.4. The van der Waals surface area contributed by atoms with Crippen molar-refractivity contribution in [1.82, 2.24) is 19.5 Å². The predicted octanol–water partition coefficient (Wildman–Crippen LogP) is 2.30. The number of carbonyl (C=O) groups excluding carboxylic acids is 1. The summed E-state index contributed by atoms with van der Waals surface area (Å²) in [4.78, 5) is 24.5. The van der Waals surface area contributed by atoms with E-state index in [2.05, 4.69) is 21.0 Å². The number of nitrogens with one attached hydrogen (secondary N) is 1. The summed E-state index contributed by atoms with van der Waals surface area (Å²) in [6.45, 7) is 4.15. The quantitative estimate of drug-likeness (QED) is 0.790. The van der Waals surface area contributed by atoms with Crippen LogP contribution < -0.4 is 10.9 Å². The number of aromatic hydroxyl groups is 1. The molecule has 1 amide bonds. The molecule has 2 heterocycles. The fourth-order valence-corrected chi connectivity index (χ4v) is 2.59. The van der Waals surface area contributed by atoms with E-state index in [1.165, 1.54) is 10.6 Å². The largest absolute Gasteiger partial charge is 0.494 e. The Balaban J connectivity index is 2.64. The number of aromatic nitrogens is 3. The Morgan fingerprint density at radius 1 is 1.36 bits per heavy atom. The molecule has 2 N–H and O–H groups in total. The van der Waals surface area contributed by atoms with E-state index in [9.17, 15) is 27.9 Å². The van der Waals surface area contributed by atoms with E-state index in [0.29, 0.717) is 0 Å². The normalized spacial score (nSPS) is 12.6. The highest BCUT2D eigenvalue weighted by Crippen LogP contribution is 2.25. The highest BCUT2D eigenvalue weighted by Gasteiger charge is 2.31. The molecule has 25 heavy (non-hydrogen) atoms. The van der Waals surface area contributed by atoms with Crippen molar-refractivity contribution >= 4 is 27.5 Å². The third-order valence-electron chi connectivity index (χ3n) is 3.13. The van der Waals surface area contributed by atoms with Crippen LogP contribution in [0.15, 0.2) is 15.5 Å². The zero-order chi connectivity index (χ0) is 19.2. The van der Waals surface area contributed by atoms with Gasteiger partial charge in [0.1, 0.15) is 16.8 Å². The van der Waals surface area contributed by atoms with Gasteiger partial charge in [-0.3, -0.25) is 14.2 Å². The molecule has 11 heteroatoms. The Morgan fingerprint density at radius 2 is 1.96 bits per heavy atom. The standard InChI is InChI=1S/C14H16BrF3N4O3/c1-13(2,3)6-21-8-4-7(15)20-22(8)12(25)9(11(21)24)10(23)19-5-14(16,17)18/h4,24H,5-6H2,1-3H3,(H,19,23). The summed E-state index contributed by atoms with van der Waals surface area (Å²) in [5.74, 6) is -2.03. The van der Waals surface area contributed by atoms with Crippen molar-refractivity contribution in [3.8, 4) is 5.88 Å². The number of hydrogen-bond acceptors (Lipinski definition) is 4. The molecule has 2 aromatic heterocycles. The summed E-state index contributed by atoms with van der Waals surface area (Å²) in [5, 5.41) is 15.9. The van der Waals surface area contributed by atoms with Gasteiger partial charge in [0.2, 0.25) is 5.88 Å². The van der Waals surface area contributed by atoms with E-state index >= 15 is 0 Å². The first-order chi connectivity index (χ1) is 11.3. The van der Waals surface area contributed by atoms with Crippen LogP contribution in [0.25, 0.3) is 5.65 Å². The van der Waals surface area contributed by atoms with Gasteiger partial charge in [-0.1, -0.05) is 20.8 Å². The van der Waals surface area contributed by atoms with Crippen molar-refractivity contribution in [3.05, 3.63) is 26.6 Å². The zero-order valence-corrected chi connectivity index (χ0v) is 15.2. The van der Waals surface area contributed by atoms with Crippen LogP contribution in [0.3, 0.4) is 0 Å². The van der Waals surface area contributed by atoms with Gasteiger partial charge in [-0.25, -0.2) is 0 Å². The number of nitrogens with zero attached hydrogens (tertiary/aromatic N) is 3. The number of hydrogen-bond donors (Lipinski definition) is 2. The molecule has 0 atom stereocenters. The Morgan fingerprint density at radius 3 is 2.48 bits per heavy atom. The topological polar surface area (TPSA) is 88.6 Å². The molecule has 0 aliphatic heterocycles. The van der Waals surface area contributed by atoms with Gasteiger partial charge in [0.25, 0.3) is 11.5 Å². The molecule has 7 nitrogen and oxygen atoms in total. The number of amides is 1. The Bertz CT molecular complexity index is 881. The summed E-state index contributed by atoms with van der Waals surface area (Å²) in [6, 6.07) is 1.46. The van der Waals surface area contributed by atoms with Crippen molar-refractivity contribution in [2.75, 3.05) is 6.54 Å². The van der Waals surface area contributed by atoms with Gasteiger partial charge >= 0.3 is 6.18 Å². The maximum Gasteiger partial charge on any atom is 0.405 e. The predicted molar refractivity (Wildman–Crippen MR) is 86.7 cm³/mol. The lowest BCUT2D eigenvalue weighted by Crippen LogP contribution is -2.38. The average molecular weight is 425 g/mol. The SMILES string of the molecule is CC(C)(C)Cn1c(O)c(C(=O)NCC(F)(F)F)c(=O)n2nc(Br)cc12. The van der Waals surface area contributed by atoms with Crippen molar-refractivity contribution in [3.63, 3.8) is 0 Å². The second kappa shape index (κ2) is 6.36. The average Bonchev–Trinajstić information content (AvgIpc) is 2.82. The lowest BCUT2D eigenvalue weighted by atomic mass is 9.96. The first-order valence-electron chi connectivity index (χ1n) is 7.16. The summed E-state index contributed by atoms with van der Waals surface area (Å²) >= 11 is 3.10. The Kier molecular flexibility index (Phi) is 4.90. The summed E-state index contributed by atoms with van der Waals surface area (Å²) < 4.78 is 39.3. The molecule has 0 saturated heterocycles. The second-order valence-corrected chi connectivity index (χ2v) is 7.50. The fraction of sp³-hybridized carbons (Fsp3) is 0.500. The van der Waals surface area contributed by atoms with E-state index in [1.807, 2.05) is 20.8 Å². The van der Waals surface area contributed by atoms with Crippen LogP contribution in [0.4, 0.5) is 13.2 Å². The fourth-order valence-electron chi connectivity index (χ4n) is 2.23. The van der Waals surface area contributed by atoms with Gasteiger partial charge in [-0.15, -0.1) is 0 Å². The molecule has 0 saturated carbocycles. The molecule has 0 radical (unpaired) electrons. The highest BCUT2D eigenvalue weighted by molar-refractivity contribution is 9.10. The van der Waals surface area contributed by atoms with Crippen molar-refractivity contribution in [2.24, 2.45) is 5.41 Å². The third kappa shape index (κ3) is 4.33. The molecule has 0 aliphatic carbocycles. The van der Waals surface area contributed by atoms with Gasteiger partial charge in [0, 0.05) is 12.6 Å². The van der Waals surface area contributed by atoms with Crippen LogP contribution in [-0.4, -0.2) is 37.9 Å². The minimum atomic E-state index is -4.64. The van der Waals surface area contributed by atoms with E-state index in [4.69, 9.17) is 0 Å². The van der Waals surface area contributed by atoms with Crippen molar-refractivity contribution in [1.29, 1.82) is 0 Å². The van der Waals surface area contributed by atoms with Crippen molar-refractivity contribution in [2.45, 2.75) is 33.5 Å². The molecule has 0 unspecified atom stereocenters. The summed E-state index contributed by atoms with van der Waals surface area (Å²) in [7, 11) is 0. The Labute approximate surface area is 148 Å². The molecule has 2 aromatic rings. The van der Waals surface area contributed by atoms with Crippen molar-refractivity contribution < 1.29 is 23.1 Å². The number of halogens is 4. The lowest BCUT2D eigenvalue weighted by Gasteiger charge is -2.23. The van der Waals surface area contributed by atoms with E-state index in [0.717, 1.165) is 4.52 Å². The molecule has 0 bridgehead atoms. The highest BCUT2D eigenvalue weighted by atomic mass is 79.9. The molecule has 0 spiro atoms. The Hall–Kier alpha value is -2.04. The maximum absolute atomic E-state index is 12.4.